The van der Waals surface area contributed by atoms with E-state index in [0.717, 1.165) is 44.1 Å². The third-order valence-electron chi connectivity index (χ3n) is 4.40. The average molecular weight is 348 g/mol. The Morgan fingerprint density at radius 2 is 2.46 bits per heavy atom. The monoisotopic (exact) mass is 348 g/mol. The zero-order valence-electron chi connectivity index (χ0n) is 14.2. The van der Waals surface area contributed by atoms with Gasteiger partial charge in [0.25, 0.3) is 0 Å². The Morgan fingerprint density at radius 3 is 3.17 bits per heavy atom. The van der Waals surface area contributed by atoms with E-state index in [0.29, 0.717) is 12.5 Å². The molecular formula is C17H24N4O2S. The molecular weight excluding hydrogens is 324 g/mol. The van der Waals surface area contributed by atoms with Gasteiger partial charge >= 0.3 is 6.03 Å². The summed E-state index contributed by atoms with van der Waals surface area (Å²) in [4.78, 5) is 22.1. The van der Waals surface area contributed by atoms with Crippen molar-refractivity contribution in [1.29, 1.82) is 0 Å². The Kier molecular flexibility index (Phi) is 5.52. The second kappa shape index (κ2) is 7.81. The van der Waals surface area contributed by atoms with E-state index in [4.69, 9.17) is 4.42 Å². The van der Waals surface area contributed by atoms with Gasteiger partial charge in [-0.1, -0.05) is 0 Å². The van der Waals surface area contributed by atoms with Crippen LogP contribution in [0.25, 0.3) is 0 Å². The number of likely N-dealkylation sites (tertiary alicyclic amines) is 1. The quantitative estimate of drug-likeness (QED) is 0.872. The molecule has 0 unspecified atom stereocenters. The number of rotatable bonds is 6. The molecule has 1 aliphatic rings. The van der Waals surface area contributed by atoms with E-state index in [1.807, 2.05) is 22.5 Å². The van der Waals surface area contributed by atoms with Crippen LogP contribution in [0.2, 0.25) is 0 Å². The van der Waals surface area contributed by atoms with Gasteiger partial charge in [0.15, 0.2) is 0 Å². The van der Waals surface area contributed by atoms with Crippen molar-refractivity contribution in [2.75, 3.05) is 26.7 Å². The first-order chi connectivity index (χ1) is 11.6. The highest BCUT2D eigenvalue weighted by Crippen LogP contribution is 2.20. The Balaban J connectivity index is 1.41. The van der Waals surface area contributed by atoms with E-state index in [-0.39, 0.29) is 6.03 Å². The molecule has 7 heteroatoms. The minimum Gasteiger partial charge on any atom is -0.467 e. The number of nitrogens with zero attached hydrogens (tertiary/aromatic N) is 3. The van der Waals surface area contributed by atoms with Gasteiger partial charge in [-0.05, 0) is 38.4 Å². The maximum absolute atomic E-state index is 12.2. The number of urea groups is 1. The second-order valence-corrected chi connectivity index (χ2v) is 7.34. The van der Waals surface area contributed by atoms with Crippen molar-refractivity contribution in [3.63, 3.8) is 0 Å². The molecule has 6 nitrogen and oxygen atoms in total. The molecule has 0 spiro atoms. The smallest absolute Gasteiger partial charge is 0.317 e. The molecule has 1 saturated heterocycles. The number of aromatic nitrogens is 1. The van der Waals surface area contributed by atoms with Crippen LogP contribution >= 0.6 is 11.3 Å². The largest absolute Gasteiger partial charge is 0.467 e. The number of furan rings is 1. The zero-order valence-corrected chi connectivity index (χ0v) is 15.0. The highest BCUT2D eigenvalue weighted by Gasteiger charge is 2.27. The fourth-order valence-electron chi connectivity index (χ4n) is 3.08. The van der Waals surface area contributed by atoms with E-state index in [9.17, 15) is 4.79 Å². The normalized spacial score (nSPS) is 17.6. The highest BCUT2D eigenvalue weighted by molar-refractivity contribution is 7.09. The molecule has 2 aromatic heterocycles. The first kappa shape index (κ1) is 17.0. The Morgan fingerprint density at radius 1 is 1.58 bits per heavy atom. The highest BCUT2D eigenvalue weighted by atomic mass is 32.1. The third kappa shape index (κ3) is 4.36. The molecule has 1 atom stereocenters. The molecule has 0 saturated carbocycles. The number of thiazole rings is 1. The lowest BCUT2D eigenvalue weighted by Crippen LogP contribution is -2.38. The number of nitrogens with one attached hydrogen (secondary N) is 1. The van der Waals surface area contributed by atoms with Gasteiger partial charge in [-0.25, -0.2) is 9.78 Å². The molecule has 1 aliphatic heterocycles. The number of amides is 2. The summed E-state index contributed by atoms with van der Waals surface area (Å²) in [6.45, 7) is 6.06. The molecule has 2 aromatic rings. The van der Waals surface area contributed by atoms with E-state index >= 15 is 0 Å². The van der Waals surface area contributed by atoms with Crippen LogP contribution in [0.3, 0.4) is 0 Å². The maximum Gasteiger partial charge on any atom is 0.317 e. The summed E-state index contributed by atoms with van der Waals surface area (Å²) in [5.41, 5.74) is 3.02. The molecule has 0 radical (unpaired) electrons. The van der Waals surface area contributed by atoms with Crippen LogP contribution in [0.5, 0.6) is 0 Å². The number of aryl methyl sites for hydroxylation is 1. The molecule has 0 aliphatic carbocycles. The molecule has 2 amide bonds. The van der Waals surface area contributed by atoms with Crippen molar-refractivity contribution in [1.82, 2.24) is 20.1 Å². The van der Waals surface area contributed by atoms with Crippen LogP contribution < -0.4 is 5.32 Å². The van der Waals surface area contributed by atoms with Gasteiger partial charge in [0, 0.05) is 31.1 Å². The summed E-state index contributed by atoms with van der Waals surface area (Å²) >= 11 is 1.71. The van der Waals surface area contributed by atoms with E-state index < -0.39 is 0 Å². The van der Waals surface area contributed by atoms with Crippen LogP contribution in [0.4, 0.5) is 4.79 Å². The minimum atomic E-state index is -0.00476. The fourth-order valence-corrected chi connectivity index (χ4v) is 3.94. The van der Waals surface area contributed by atoms with Crippen LogP contribution in [0.15, 0.2) is 28.3 Å². The van der Waals surface area contributed by atoms with Gasteiger partial charge < -0.3 is 19.5 Å². The predicted molar refractivity (Wildman–Crippen MR) is 93.8 cm³/mol. The van der Waals surface area contributed by atoms with Gasteiger partial charge in [-0.3, -0.25) is 0 Å². The summed E-state index contributed by atoms with van der Waals surface area (Å²) in [5, 5.41) is 2.92. The van der Waals surface area contributed by atoms with Gasteiger partial charge in [0.2, 0.25) is 0 Å². The maximum atomic E-state index is 12.2. The van der Waals surface area contributed by atoms with Crippen molar-refractivity contribution >= 4 is 17.4 Å². The van der Waals surface area contributed by atoms with Crippen LogP contribution in [0.1, 0.15) is 22.8 Å². The van der Waals surface area contributed by atoms with Gasteiger partial charge in [0.1, 0.15) is 5.76 Å². The van der Waals surface area contributed by atoms with Crippen LogP contribution in [-0.4, -0.2) is 47.5 Å². The standard InChI is InChI=1S/C17H24N4O2S/c1-13-16(24-12-19-13)11-20(2)9-14-5-6-21(10-14)17(22)18-8-15-4-3-7-23-15/h3-4,7,12,14H,5-6,8-11H2,1-2H3,(H,18,22)/t14-/m1/s1. The molecule has 3 rings (SSSR count). The minimum absolute atomic E-state index is 0.00476. The zero-order chi connectivity index (χ0) is 16.9. The van der Waals surface area contributed by atoms with Gasteiger partial charge in [-0.2, -0.15) is 0 Å². The number of hydrogen-bond acceptors (Lipinski definition) is 5. The Bertz CT molecular complexity index is 655. The molecule has 1 fully saturated rings. The number of carbonyl (C=O) groups excluding carboxylic acids is 1. The summed E-state index contributed by atoms with van der Waals surface area (Å²) in [7, 11) is 2.14. The molecule has 1 N–H and O–H groups in total. The molecule has 24 heavy (non-hydrogen) atoms. The van der Waals surface area contributed by atoms with Crippen molar-refractivity contribution in [3.8, 4) is 0 Å². The van der Waals surface area contributed by atoms with Crippen molar-refractivity contribution < 1.29 is 9.21 Å². The summed E-state index contributed by atoms with van der Waals surface area (Å²) < 4.78 is 5.24. The molecule has 130 valence electrons. The molecule has 3 heterocycles. The SMILES string of the molecule is Cc1ncsc1CN(C)C[C@H]1CCN(C(=O)NCc2ccco2)C1. The summed E-state index contributed by atoms with van der Waals surface area (Å²) in [5.74, 6) is 1.30. The Hall–Kier alpha value is -1.86. The van der Waals surface area contributed by atoms with Crippen LogP contribution in [0, 0.1) is 12.8 Å². The summed E-state index contributed by atoms with van der Waals surface area (Å²) in [6.07, 6.45) is 2.67. The predicted octanol–water partition coefficient (Wildman–Crippen LogP) is 2.71. The Labute approximate surface area is 146 Å². The van der Waals surface area contributed by atoms with Gasteiger partial charge in [-0.15, -0.1) is 11.3 Å². The third-order valence-corrected chi connectivity index (χ3v) is 5.32. The summed E-state index contributed by atoms with van der Waals surface area (Å²) in [6, 6.07) is 3.69. The molecule has 0 bridgehead atoms. The van der Waals surface area contributed by atoms with E-state index in [2.05, 4.69) is 29.2 Å². The number of hydrogen-bond donors (Lipinski definition) is 1. The topological polar surface area (TPSA) is 61.6 Å². The van der Waals surface area contributed by atoms with Crippen molar-refractivity contribution in [2.24, 2.45) is 5.92 Å². The molecule has 0 aromatic carbocycles. The number of carbonyl (C=O) groups is 1. The van der Waals surface area contributed by atoms with Gasteiger partial charge in [0.05, 0.1) is 24.0 Å². The van der Waals surface area contributed by atoms with Crippen LogP contribution in [-0.2, 0) is 13.1 Å². The second-order valence-electron chi connectivity index (χ2n) is 6.40. The fraction of sp³-hybridized carbons (Fsp3) is 0.529. The van der Waals surface area contributed by atoms with Crippen molar-refractivity contribution in [3.05, 3.63) is 40.2 Å². The lowest BCUT2D eigenvalue weighted by molar-refractivity contribution is 0.202. The first-order valence-electron chi connectivity index (χ1n) is 8.24. The first-order valence-corrected chi connectivity index (χ1v) is 9.12. The van der Waals surface area contributed by atoms with E-state index in [1.165, 1.54) is 4.88 Å². The van der Waals surface area contributed by atoms with Crippen molar-refractivity contribution in [2.45, 2.75) is 26.4 Å². The lowest BCUT2D eigenvalue weighted by Gasteiger charge is -2.21. The lowest BCUT2D eigenvalue weighted by atomic mass is 10.1. The average Bonchev–Trinajstić information content (AvgIpc) is 3.28. The van der Waals surface area contributed by atoms with E-state index in [1.54, 1.807) is 17.6 Å².